The molecule has 6 N–H and O–H groups in total. The van der Waals surface area contributed by atoms with Crippen molar-refractivity contribution in [3.8, 4) is 0 Å². The van der Waals surface area contributed by atoms with E-state index in [4.69, 9.17) is 19.7 Å². The maximum absolute atomic E-state index is 12.8. The smallest absolute Gasteiger partial charge is 0.411 e. The number of hydrogen-bond donors (Lipinski definition) is 4. The van der Waals surface area contributed by atoms with Gasteiger partial charge in [0.05, 0.1) is 51.4 Å². The first-order chi connectivity index (χ1) is 48.1. The van der Waals surface area contributed by atoms with Crippen LogP contribution in [0.15, 0.2) is 72.8 Å². The van der Waals surface area contributed by atoms with E-state index in [2.05, 4.69) is 128 Å². The Hall–Kier alpha value is -5.85. The van der Waals surface area contributed by atoms with Crippen molar-refractivity contribution in [2.75, 3.05) is 65.4 Å². The minimum Gasteiger partial charge on any atom is -1.00 e. The fourth-order valence-electron chi connectivity index (χ4n) is 15.7. The number of carbonyl (C=O) groups excluding carboxylic acids is 6. The number of nitrogens with zero attached hydrogens (tertiary/aromatic N) is 4. The van der Waals surface area contributed by atoms with Gasteiger partial charge < -0.3 is 81.1 Å². The summed E-state index contributed by atoms with van der Waals surface area (Å²) in [7, 11) is 0. The highest BCUT2D eigenvalue weighted by Crippen LogP contribution is 2.32. The first kappa shape index (κ1) is 98.2. The topological polar surface area (TPSA) is 258 Å². The molecule has 106 heavy (non-hydrogen) atoms. The molecule has 6 aliphatic rings. The molecule has 6 aliphatic heterocycles. The monoisotopic (exact) mass is 1630 g/mol. The van der Waals surface area contributed by atoms with Crippen LogP contribution in [0.3, 0.4) is 0 Å². The molecule has 19 nitrogen and oxygen atoms in total. The van der Waals surface area contributed by atoms with Crippen LogP contribution in [0.5, 0.6) is 0 Å². The van der Waals surface area contributed by atoms with Crippen molar-refractivity contribution in [1.29, 1.82) is 0 Å². The molecule has 10 rings (SSSR count). The van der Waals surface area contributed by atoms with Crippen LogP contribution in [0.4, 0.5) is 9.59 Å². The molecule has 2 amide bonds. The number of nitrogens with one attached hydrogen (secondary N) is 2. The van der Waals surface area contributed by atoms with Crippen LogP contribution in [0, 0.1) is 55.4 Å². The highest BCUT2D eigenvalue weighted by atomic mass is 127. The van der Waals surface area contributed by atoms with Crippen molar-refractivity contribution < 1.29 is 109 Å². The van der Waals surface area contributed by atoms with Crippen LogP contribution in [0.1, 0.15) is 213 Å². The molecule has 0 aromatic heterocycles. The summed E-state index contributed by atoms with van der Waals surface area (Å²) in [6.45, 7) is 46.0. The number of halogens is 3. The van der Waals surface area contributed by atoms with E-state index in [0.29, 0.717) is 62.5 Å². The average Bonchev–Trinajstić information content (AvgIpc) is 1.67. The SMILES string of the molecule is CC(C)(C)OC(=O)N1CCCC1C(=O)O.CC[N+]1(CC)CCCC1C(=O)Cc1c(C)cccc1C.CC[N+]1(CC)CCCC1C(=O)Cc1c(C)cccc1C.Cc1cccc(C)c1CC(=O)C1CCCN1.Cc1cccc(C)c1CC(=O)C1CCCN1C(=O)OC(C)(C)C.Cl.O.O=C(O)C1CCCN1.[Cl-].[I-]. The lowest BCUT2D eigenvalue weighted by molar-refractivity contribution is -0.927. The minimum absolute atomic E-state index is 0. The second-order valence-electron chi connectivity index (χ2n) is 31.2. The summed E-state index contributed by atoms with van der Waals surface area (Å²) in [6, 6.07) is 24.1. The highest BCUT2D eigenvalue weighted by molar-refractivity contribution is 5.90. The zero-order chi connectivity index (χ0) is 75.9. The molecular formula is C84H131Cl2IN6O13. The Morgan fingerprint density at radius 3 is 0.991 bits per heavy atom. The summed E-state index contributed by atoms with van der Waals surface area (Å²) >= 11 is 0. The van der Waals surface area contributed by atoms with Gasteiger partial charge in [-0.25, -0.2) is 14.4 Å². The summed E-state index contributed by atoms with van der Waals surface area (Å²) in [4.78, 5) is 98.3. The molecule has 6 unspecified atom stereocenters. The van der Waals surface area contributed by atoms with Gasteiger partial charge in [-0.15, -0.1) is 12.4 Å². The maximum Gasteiger partial charge on any atom is 0.411 e. The zero-order valence-electron chi connectivity index (χ0n) is 67.2. The summed E-state index contributed by atoms with van der Waals surface area (Å²) in [5, 5.41) is 23.4. The summed E-state index contributed by atoms with van der Waals surface area (Å²) < 4.78 is 12.6. The van der Waals surface area contributed by atoms with Crippen molar-refractivity contribution in [2.24, 2.45) is 0 Å². The second-order valence-corrected chi connectivity index (χ2v) is 31.2. The Balaban J connectivity index is 0.000000643. The van der Waals surface area contributed by atoms with Gasteiger partial charge >= 0.3 is 24.1 Å². The lowest BCUT2D eigenvalue weighted by atomic mass is 9.94. The predicted molar refractivity (Wildman–Crippen MR) is 417 cm³/mol. The first-order valence-electron chi connectivity index (χ1n) is 38.0. The molecule has 596 valence electrons. The Morgan fingerprint density at radius 2 is 0.717 bits per heavy atom. The summed E-state index contributed by atoms with van der Waals surface area (Å²) in [5.41, 5.74) is 13.4. The van der Waals surface area contributed by atoms with Crippen molar-refractivity contribution in [3.63, 3.8) is 0 Å². The van der Waals surface area contributed by atoms with E-state index in [0.717, 1.165) is 123 Å². The van der Waals surface area contributed by atoms with Crippen LogP contribution < -0.4 is 47.0 Å². The molecule has 0 aliphatic carbocycles. The molecule has 6 fully saturated rings. The third-order valence-electron chi connectivity index (χ3n) is 22.0. The van der Waals surface area contributed by atoms with Crippen molar-refractivity contribution in [3.05, 3.63) is 140 Å². The maximum atomic E-state index is 12.8. The van der Waals surface area contributed by atoms with Gasteiger partial charge in [0.2, 0.25) is 0 Å². The Kier molecular flexibility index (Phi) is 42.6. The number of rotatable bonds is 18. The molecule has 6 heterocycles. The number of quaternary nitrogens is 2. The standard InChI is InChI=1S/C19H27NO3.2C18H28NO.C14H19NO.C10H17NO4.C5H9NO2.2ClH.HI.H2O/c1-13-8-6-9-14(2)15(13)12-17(21)16-10-7-11-20(16)18(22)23-19(3,4)5;2*1-5-19(6-2)12-8-11-17(19)18(20)13-16-14(3)9-7-10-15(16)4;1-10-5-3-6-11(2)12(10)9-14(16)13-7-4-8-15-13;1-10(2,3)15-9(14)11-6-4-5-7(11)8(12)13;7-5(8)4-2-1-3-6-4;;;;/h6,8-9,16H,7,10-12H2,1-5H3;2*7,9-10,17H,5-6,8,11-13H2,1-4H3;3,5-6,13,15H,4,7-9H2,1-2H3;7H,4-6H2,1-3H3,(H,12,13);4,6H,1-3H2,(H,7,8);3*1H;1H2/q;2*+1;;;;;;;/p-2. The average molecular weight is 1630 g/mol. The first-order valence-corrected chi connectivity index (χ1v) is 38.0. The van der Waals surface area contributed by atoms with Gasteiger partial charge in [-0.3, -0.25) is 33.8 Å². The normalized spacial score (nSPS) is 20.1. The lowest BCUT2D eigenvalue weighted by Crippen LogP contribution is -3.00. The molecular weight excluding hydrogens is 1500 g/mol. The van der Waals surface area contributed by atoms with Crippen molar-refractivity contribution in [2.45, 2.75) is 275 Å². The van der Waals surface area contributed by atoms with Crippen LogP contribution in [-0.4, -0.2) is 195 Å². The number of aryl methyl sites for hydroxylation is 8. The largest absolute Gasteiger partial charge is 1.00 e. The molecule has 6 saturated heterocycles. The van der Waals surface area contributed by atoms with Gasteiger partial charge in [-0.2, -0.15) is 0 Å². The summed E-state index contributed by atoms with van der Waals surface area (Å²) in [6.07, 6.45) is 12.5. The number of aliphatic carboxylic acids is 2. The number of benzene rings is 4. The molecule has 0 saturated carbocycles. The Morgan fingerprint density at radius 1 is 0.425 bits per heavy atom. The molecule has 0 radical (unpaired) electrons. The minimum atomic E-state index is -0.960. The van der Waals surface area contributed by atoms with Gasteiger partial charge in [0.25, 0.3) is 0 Å². The Labute approximate surface area is 664 Å². The quantitative estimate of drug-likeness (QED) is 0.0549. The van der Waals surface area contributed by atoms with Crippen molar-refractivity contribution in [1.82, 2.24) is 20.4 Å². The molecule has 4 aromatic rings. The number of ketones is 4. The number of Topliss-reactive ketones (excluding diaryl/α,β-unsaturated/α-hetero) is 4. The molecule has 4 aromatic carbocycles. The number of amides is 2. The van der Waals surface area contributed by atoms with E-state index in [9.17, 15) is 38.4 Å². The summed E-state index contributed by atoms with van der Waals surface area (Å²) in [5.74, 6) is -0.339. The van der Waals surface area contributed by atoms with E-state index < -0.39 is 35.3 Å². The number of carboxylic acids is 2. The van der Waals surface area contributed by atoms with Gasteiger partial charge in [-0.05, 0) is 256 Å². The molecule has 0 bridgehead atoms. The fourth-order valence-corrected chi connectivity index (χ4v) is 15.7. The lowest BCUT2D eigenvalue weighted by Gasteiger charge is -2.37. The molecule has 0 spiro atoms. The van der Waals surface area contributed by atoms with E-state index in [-0.39, 0.29) is 96.4 Å². The number of likely N-dealkylation sites (N-methyl/N-ethyl adjacent to an activating group) is 2. The number of carbonyl (C=O) groups is 8. The van der Waals surface area contributed by atoms with Crippen molar-refractivity contribution >= 4 is 59.7 Å². The van der Waals surface area contributed by atoms with E-state index in [1.807, 2.05) is 58.9 Å². The van der Waals surface area contributed by atoms with Gasteiger partial charge in [-0.1, -0.05) is 72.8 Å². The number of hydrogen-bond acceptors (Lipinski definition) is 12. The van der Waals surface area contributed by atoms with Crippen LogP contribution in [0.2, 0.25) is 0 Å². The van der Waals surface area contributed by atoms with E-state index in [1.165, 1.54) is 80.9 Å². The Bertz CT molecular complexity index is 3310. The van der Waals surface area contributed by atoms with Crippen LogP contribution in [0.25, 0.3) is 0 Å². The number of likely N-dealkylation sites (tertiary alicyclic amines) is 4. The fraction of sp³-hybridized carbons (Fsp3) is 0.619. The van der Waals surface area contributed by atoms with E-state index >= 15 is 0 Å². The predicted octanol–water partition coefficient (Wildman–Crippen LogP) is 7.75. The van der Waals surface area contributed by atoms with Gasteiger partial charge in [0.15, 0.2) is 23.1 Å². The number of ether oxygens (including phenoxy) is 2. The van der Waals surface area contributed by atoms with Gasteiger partial charge in [0, 0.05) is 64.5 Å². The third-order valence-corrected chi connectivity index (χ3v) is 22.0. The molecule has 6 atom stereocenters. The second kappa shape index (κ2) is 46.0. The third kappa shape index (κ3) is 28.5. The zero-order valence-corrected chi connectivity index (χ0v) is 70.9. The van der Waals surface area contributed by atoms with Crippen LogP contribution in [-0.2, 0) is 63.9 Å². The molecule has 22 heteroatoms. The highest BCUT2D eigenvalue weighted by Gasteiger charge is 2.45. The van der Waals surface area contributed by atoms with Crippen LogP contribution >= 0.6 is 12.4 Å². The number of carboxylic acid groups (broad SMARTS) is 2. The van der Waals surface area contributed by atoms with E-state index in [1.54, 1.807) is 25.7 Å². The van der Waals surface area contributed by atoms with Gasteiger partial charge in [0.1, 0.15) is 35.4 Å².